The van der Waals surface area contributed by atoms with Crippen molar-refractivity contribution in [3.63, 3.8) is 0 Å². The molecule has 0 aromatic heterocycles. The summed E-state index contributed by atoms with van der Waals surface area (Å²) in [6, 6.07) is 21.1. The molecule has 0 atom stereocenters. The van der Waals surface area contributed by atoms with Crippen molar-refractivity contribution < 1.29 is 24.2 Å². The average Bonchev–Trinajstić information content (AvgIpc) is 3.17. The highest BCUT2D eigenvalue weighted by molar-refractivity contribution is 9.10. The second-order valence-electron chi connectivity index (χ2n) is 7.85. The zero-order chi connectivity index (χ0) is 24.8. The summed E-state index contributed by atoms with van der Waals surface area (Å²) in [5.41, 5.74) is 5.34. The number of amides is 2. The van der Waals surface area contributed by atoms with E-state index in [1.54, 1.807) is 18.2 Å². The third kappa shape index (κ3) is 6.04. The van der Waals surface area contributed by atoms with E-state index in [0.717, 1.165) is 22.3 Å². The fourth-order valence-corrected chi connectivity index (χ4v) is 4.92. The predicted molar refractivity (Wildman–Crippen MR) is 140 cm³/mol. The SMILES string of the molecule is O=C(O)CSCCNC(=O)c1ccc(Br)c(NC(=O)OCC2c3ccccc3-c3ccccc32)c1. The van der Waals surface area contributed by atoms with Gasteiger partial charge < -0.3 is 15.2 Å². The van der Waals surface area contributed by atoms with E-state index in [9.17, 15) is 14.4 Å². The monoisotopic (exact) mass is 554 g/mol. The van der Waals surface area contributed by atoms with Gasteiger partial charge in [0.25, 0.3) is 5.91 Å². The van der Waals surface area contributed by atoms with Gasteiger partial charge in [0.2, 0.25) is 0 Å². The topological polar surface area (TPSA) is 105 Å². The first kappa shape index (κ1) is 24.8. The summed E-state index contributed by atoms with van der Waals surface area (Å²) in [6.07, 6.45) is -0.616. The van der Waals surface area contributed by atoms with Crippen LogP contribution in [-0.4, -0.2) is 47.7 Å². The predicted octanol–water partition coefficient (Wildman–Crippen LogP) is 5.36. The Morgan fingerprint density at radius 2 is 1.63 bits per heavy atom. The van der Waals surface area contributed by atoms with Crippen LogP contribution >= 0.6 is 27.7 Å². The molecule has 0 fully saturated rings. The van der Waals surface area contributed by atoms with Gasteiger partial charge in [-0.25, -0.2) is 4.79 Å². The van der Waals surface area contributed by atoms with E-state index in [2.05, 4.69) is 50.8 Å². The molecule has 3 aromatic carbocycles. The Labute approximate surface area is 215 Å². The van der Waals surface area contributed by atoms with Crippen molar-refractivity contribution in [1.29, 1.82) is 0 Å². The number of carboxylic acid groups (broad SMARTS) is 1. The molecule has 0 heterocycles. The number of fused-ring (bicyclic) bond motifs is 3. The van der Waals surface area contributed by atoms with Gasteiger partial charge in [0.15, 0.2) is 0 Å². The molecule has 0 spiro atoms. The molecule has 0 saturated carbocycles. The number of hydrogen-bond acceptors (Lipinski definition) is 5. The second-order valence-corrected chi connectivity index (χ2v) is 9.81. The largest absolute Gasteiger partial charge is 0.481 e. The van der Waals surface area contributed by atoms with E-state index in [1.165, 1.54) is 11.8 Å². The second kappa shape index (κ2) is 11.4. The highest BCUT2D eigenvalue weighted by Crippen LogP contribution is 2.44. The van der Waals surface area contributed by atoms with Crippen LogP contribution in [0.15, 0.2) is 71.2 Å². The first-order valence-electron chi connectivity index (χ1n) is 10.9. The summed E-state index contributed by atoms with van der Waals surface area (Å²) in [5, 5.41) is 14.1. The van der Waals surface area contributed by atoms with Crippen molar-refractivity contribution in [2.24, 2.45) is 0 Å². The number of aliphatic carboxylic acids is 1. The maximum absolute atomic E-state index is 12.6. The number of carbonyl (C=O) groups excluding carboxylic acids is 2. The smallest absolute Gasteiger partial charge is 0.411 e. The maximum atomic E-state index is 12.6. The van der Waals surface area contributed by atoms with Crippen LogP contribution in [0.2, 0.25) is 0 Å². The van der Waals surface area contributed by atoms with E-state index in [1.807, 2.05) is 24.3 Å². The molecule has 0 radical (unpaired) electrons. The van der Waals surface area contributed by atoms with E-state index < -0.39 is 12.1 Å². The molecule has 7 nitrogen and oxygen atoms in total. The number of ether oxygens (including phenoxy) is 1. The molecule has 9 heteroatoms. The lowest BCUT2D eigenvalue weighted by molar-refractivity contribution is -0.133. The fraction of sp³-hybridized carbons (Fsp3) is 0.192. The summed E-state index contributed by atoms with van der Waals surface area (Å²) in [6.45, 7) is 0.521. The number of halogens is 1. The average molecular weight is 555 g/mol. The molecule has 1 aliphatic rings. The van der Waals surface area contributed by atoms with Crippen molar-refractivity contribution in [1.82, 2.24) is 5.32 Å². The van der Waals surface area contributed by atoms with Gasteiger partial charge in [0.1, 0.15) is 6.61 Å². The molecule has 180 valence electrons. The Bertz CT molecular complexity index is 1220. The Hall–Kier alpha value is -3.30. The van der Waals surface area contributed by atoms with Gasteiger partial charge in [-0.05, 0) is 56.4 Å². The molecule has 0 saturated heterocycles. The number of benzene rings is 3. The van der Waals surface area contributed by atoms with Crippen molar-refractivity contribution in [3.8, 4) is 11.1 Å². The quantitative estimate of drug-likeness (QED) is 0.307. The molecule has 2 amide bonds. The van der Waals surface area contributed by atoms with Crippen LogP contribution in [0.1, 0.15) is 27.4 Å². The van der Waals surface area contributed by atoms with Gasteiger partial charge in [-0.3, -0.25) is 14.9 Å². The Balaban J connectivity index is 1.36. The molecule has 0 unspecified atom stereocenters. The molecule has 1 aliphatic carbocycles. The summed E-state index contributed by atoms with van der Waals surface area (Å²) < 4.78 is 6.20. The van der Waals surface area contributed by atoms with E-state index >= 15 is 0 Å². The molecule has 3 aromatic rings. The van der Waals surface area contributed by atoms with Gasteiger partial charge >= 0.3 is 12.1 Å². The minimum Gasteiger partial charge on any atom is -0.481 e. The lowest BCUT2D eigenvalue weighted by Gasteiger charge is -2.15. The molecule has 35 heavy (non-hydrogen) atoms. The number of thioether (sulfide) groups is 1. The van der Waals surface area contributed by atoms with Crippen LogP contribution in [0.5, 0.6) is 0 Å². The minimum absolute atomic E-state index is 0.0115. The third-order valence-corrected chi connectivity index (χ3v) is 7.20. The zero-order valence-corrected chi connectivity index (χ0v) is 21.0. The van der Waals surface area contributed by atoms with Gasteiger partial charge in [0, 0.05) is 28.3 Å². The lowest BCUT2D eigenvalue weighted by atomic mass is 9.98. The van der Waals surface area contributed by atoms with Crippen LogP contribution in [0.3, 0.4) is 0 Å². The number of anilines is 1. The van der Waals surface area contributed by atoms with Crippen LogP contribution < -0.4 is 10.6 Å². The van der Waals surface area contributed by atoms with Crippen molar-refractivity contribution in [3.05, 3.63) is 87.9 Å². The van der Waals surface area contributed by atoms with Gasteiger partial charge in [-0.15, -0.1) is 11.8 Å². The third-order valence-electron chi connectivity index (χ3n) is 5.57. The van der Waals surface area contributed by atoms with E-state index in [-0.39, 0.29) is 24.2 Å². The highest BCUT2D eigenvalue weighted by Gasteiger charge is 2.29. The summed E-state index contributed by atoms with van der Waals surface area (Å²) in [4.78, 5) is 35.6. The fourth-order valence-electron chi connectivity index (χ4n) is 4.01. The standard InChI is InChI=1S/C26H23BrN2O5S/c27-22-10-9-16(25(32)28-11-12-35-15-24(30)31)13-23(22)29-26(33)34-14-21-19-7-3-1-5-17(19)18-6-2-4-8-20(18)21/h1-10,13,21H,11-12,14-15H2,(H,28,32)(H,29,33)(H,30,31). The number of carboxylic acids is 1. The van der Waals surface area contributed by atoms with Crippen LogP contribution in [0.4, 0.5) is 10.5 Å². The molecule has 0 aliphatic heterocycles. The summed E-state index contributed by atoms with van der Waals surface area (Å²) in [7, 11) is 0. The molecular formula is C26H23BrN2O5S. The normalized spacial score (nSPS) is 11.9. The van der Waals surface area contributed by atoms with Crippen molar-refractivity contribution in [2.45, 2.75) is 5.92 Å². The summed E-state index contributed by atoms with van der Waals surface area (Å²) >= 11 is 4.62. The van der Waals surface area contributed by atoms with Crippen molar-refractivity contribution >= 4 is 51.3 Å². The highest BCUT2D eigenvalue weighted by atomic mass is 79.9. The van der Waals surface area contributed by atoms with Gasteiger partial charge in [-0.2, -0.15) is 0 Å². The molecule has 4 rings (SSSR count). The Morgan fingerprint density at radius 3 is 2.29 bits per heavy atom. The van der Waals surface area contributed by atoms with E-state index in [0.29, 0.717) is 28.0 Å². The number of carbonyl (C=O) groups is 3. The zero-order valence-electron chi connectivity index (χ0n) is 18.6. The number of nitrogens with one attached hydrogen (secondary N) is 2. The Morgan fingerprint density at radius 1 is 0.971 bits per heavy atom. The molecule has 3 N–H and O–H groups in total. The minimum atomic E-state index is -0.891. The van der Waals surface area contributed by atoms with Crippen molar-refractivity contribution in [2.75, 3.05) is 30.0 Å². The Kier molecular flexibility index (Phi) is 8.09. The van der Waals surface area contributed by atoms with Gasteiger partial charge in [-0.1, -0.05) is 48.5 Å². The molecule has 0 bridgehead atoms. The van der Waals surface area contributed by atoms with Crippen LogP contribution in [0, 0.1) is 0 Å². The van der Waals surface area contributed by atoms with Crippen LogP contribution in [-0.2, 0) is 9.53 Å². The molecular weight excluding hydrogens is 532 g/mol. The lowest BCUT2D eigenvalue weighted by Crippen LogP contribution is -2.26. The first-order valence-corrected chi connectivity index (χ1v) is 12.9. The summed E-state index contributed by atoms with van der Waals surface area (Å²) in [5.74, 6) is -0.781. The number of rotatable bonds is 9. The van der Waals surface area contributed by atoms with E-state index in [4.69, 9.17) is 9.84 Å². The van der Waals surface area contributed by atoms with Gasteiger partial charge in [0.05, 0.1) is 11.4 Å². The maximum Gasteiger partial charge on any atom is 0.411 e. The number of hydrogen-bond donors (Lipinski definition) is 3. The first-order chi connectivity index (χ1) is 16.9. The van der Waals surface area contributed by atoms with Crippen LogP contribution in [0.25, 0.3) is 11.1 Å².